The van der Waals surface area contributed by atoms with Gasteiger partial charge in [0.1, 0.15) is 5.82 Å². The van der Waals surface area contributed by atoms with Crippen LogP contribution in [0.1, 0.15) is 39.7 Å². The maximum Gasteiger partial charge on any atom is 0.133 e. The molecular weight excluding hydrogens is 326 g/mol. The zero-order chi connectivity index (χ0) is 15.4. The zero-order valence-electron chi connectivity index (χ0n) is 13.7. The third-order valence-electron chi connectivity index (χ3n) is 4.41. The molecule has 1 N–H and O–H groups in total. The fourth-order valence-corrected chi connectivity index (χ4v) is 3.22. The van der Waals surface area contributed by atoms with Crippen molar-refractivity contribution in [3.63, 3.8) is 0 Å². The maximum absolute atomic E-state index is 4.70. The monoisotopic (exact) mass is 353 g/mol. The van der Waals surface area contributed by atoms with E-state index in [1.807, 2.05) is 6.20 Å². The first kappa shape index (κ1) is 16.8. The van der Waals surface area contributed by atoms with E-state index >= 15 is 0 Å². The molecule has 2 rings (SSSR count). The Morgan fingerprint density at radius 1 is 1.38 bits per heavy atom. The van der Waals surface area contributed by atoms with Crippen LogP contribution in [0.5, 0.6) is 0 Å². The lowest BCUT2D eigenvalue weighted by Gasteiger charge is -2.37. The molecule has 2 unspecified atom stereocenters. The molecule has 1 aromatic heterocycles. The molecule has 0 amide bonds. The summed E-state index contributed by atoms with van der Waals surface area (Å²) in [6.07, 6.45) is 3.18. The molecule has 0 bridgehead atoms. The Bertz CT molecular complexity index is 461. The highest BCUT2D eigenvalue weighted by molar-refractivity contribution is 9.10. The molecule has 0 aliphatic carbocycles. The van der Waals surface area contributed by atoms with E-state index in [0.29, 0.717) is 5.92 Å². The van der Waals surface area contributed by atoms with E-state index in [9.17, 15) is 0 Å². The third-order valence-corrected chi connectivity index (χ3v) is 4.84. The Hall–Kier alpha value is -0.610. The van der Waals surface area contributed by atoms with Crippen molar-refractivity contribution >= 4 is 21.7 Å². The van der Waals surface area contributed by atoms with Crippen molar-refractivity contribution in [1.82, 2.24) is 10.3 Å². The lowest BCUT2D eigenvalue weighted by atomic mass is 9.88. The number of piperidine rings is 1. The van der Waals surface area contributed by atoms with Crippen molar-refractivity contribution in [1.29, 1.82) is 0 Å². The summed E-state index contributed by atoms with van der Waals surface area (Å²) < 4.78 is 1.06. The molecule has 0 spiro atoms. The van der Waals surface area contributed by atoms with Gasteiger partial charge < -0.3 is 10.2 Å². The van der Waals surface area contributed by atoms with Crippen molar-refractivity contribution in [2.45, 2.75) is 40.7 Å². The third kappa shape index (κ3) is 4.68. The standard InChI is InChI=1S/C17H28BrN3/c1-12(2)8-19-9-15-7-16(18)10-20-17(15)21-6-5-13(3)14(4)11-21/h7,10,12-14,19H,5-6,8-9,11H2,1-4H3. The molecule has 0 radical (unpaired) electrons. The number of hydrogen-bond acceptors (Lipinski definition) is 3. The van der Waals surface area contributed by atoms with E-state index in [2.05, 4.69) is 59.9 Å². The molecule has 1 aliphatic rings. The van der Waals surface area contributed by atoms with Gasteiger partial charge in [0.2, 0.25) is 0 Å². The van der Waals surface area contributed by atoms with Gasteiger partial charge in [0, 0.05) is 35.9 Å². The quantitative estimate of drug-likeness (QED) is 0.864. The predicted octanol–water partition coefficient (Wildman–Crippen LogP) is 4.07. The van der Waals surface area contributed by atoms with Gasteiger partial charge in [0.05, 0.1) is 0 Å². The highest BCUT2D eigenvalue weighted by Gasteiger charge is 2.24. The second kappa shape index (κ2) is 7.59. The molecule has 21 heavy (non-hydrogen) atoms. The smallest absolute Gasteiger partial charge is 0.133 e. The first-order valence-corrected chi connectivity index (χ1v) is 8.86. The Balaban J connectivity index is 2.11. The Morgan fingerprint density at radius 2 is 2.14 bits per heavy atom. The van der Waals surface area contributed by atoms with Crippen LogP contribution in [0.3, 0.4) is 0 Å². The minimum absolute atomic E-state index is 0.671. The highest BCUT2D eigenvalue weighted by atomic mass is 79.9. The first-order valence-electron chi connectivity index (χ1n) is 8.07. The van der Waals surface area contributed by atoms with Gasteiger partial charge in [-0.15, -0.1) is 0 Å². The molecule has 1 saturated heterocycles. The van der Waals surface area contributed by atoms with Gasteiger partial charge in [0.15, 0.2) is 0 Å². The van der Waals surface area contributed by atoms with E-state index in [-0.39, 0.29) is 0 Å². The Labute approximate surface area is 137 Å². The summed E-state index contributed by atoms with van der Waals surface area (Å²) in [5.74, 6) is 3.39. The summed E-state index contributed by atoms with van der Waals surface area (Å²) in [5, 5.41) is 3.54. The van der Waals surface area contributed by atoms with Crippen LogP contribution >= 0.6 is 15.9 Å². The SMILES string of the molecule is CC(C)CNCc1cc(Br)cnc1N1CCC(C)C(C)C1. The number of aromatic nitrogens is 1. The van der Waals surface area contributed by atoms with Crippen LogP contribution in [-0.4, -0.2) is 24.6 Å². The van der Waals surface area contributed by atoms with Crippen LogP contribution < -0.4 is 10.2 Å². The van der Waals surface area contributed by atoms with Crippen LogP contribution in [0.2, 0.25) is 0 Å². The summed E-state index contributed by atoms with van der Waals surface area (Å²) in [5.41, 5.74) is 1.30. The molecule has 1 aromatic rings. The first-order chi connectivity index (χ1) is 9.97. The van der Waals surface area contributed by atoms with Crippen molar-refractivity contribution < 1.29 is 0 Å². The largest absolute Gasteiger partial charge is 0.356 e. The Kier molecular flexibility index (Phi) is 6.06. The molecule has 3 nitrogen and oxygen atoms in total. The molecule has 4 heteroatoms. The van der Waals surface area contributed by atoms with Crippen LogP contribution in [-0.2, 0) is 6.54 Å². The number of nitrogens with zero attached hydrogens (tertiary/aromatic N) is 2. The van der Waals surface area contributed by atoms with Crippen molar-refractivity contribution in [2.24, 2.45) is 17.8 Å². The van der Waals surface area contributed by atoms with E-state index in [0.717, 1.165) is 48.3 Å². The van der Waals surface area contributed by atoms with Crippen LogP contribution in [0.15, 0.2) is 16.7 Å². The van der Waals surface area contributed by atoms with E-state index < -0.39 is 0 Å². The van der Waals surface area contributed by atoms with Gasteiger partial charge in [-0.3, -0.25) is 0 Å². The van der Waals surface area contributed by atoms with Crippen LogP contribution in [0.4, 0.5) is 5.82 Å². The topological polar surface area (TPSA) is 28.2 Å². The minimum atomic E-state index is 0.671. The second-order valence-corrected chi connectivity index (χ2v) is 7.77. The van der Waals surface area contributed by atoms with Gasteiger partial charge in [-0.25, -0.2) is 4.98 Å². The molecule has 1 fully saturated rings. The number of hydrogen-bond donors (Lipinski definition) is 1. The fraction of sp³-hybridized carbons (Fsp3) is 0.706. The van der Waals surface area contributed by atoms with Gasteiger partial charge in [-0.1, -0.05) is 27.7 Å². The lowest BCUT2D eigenvalue weighted by molar-refractivity contribution is 0.322. The summed E-state index contributed by atoms with van der Waals surface area (Å²) in [4.78, 5) is 7.16. The zero-order valence-corrected chi connectivity index (χ0v) is 15.3. The number of anilines is 1. The molecule has 0 aromatic carbocycles. The van der Waals surface area contributed by atoms with Gasteiger partial charge in [-0.2, -0.15) is 0 Å². The van der Waals surface area contributed by atoms with Gasteiger partial charge in [-0.05, 0) is 52.7 Å². The van der Waals surface area contributed by atoms with Crippen molar-refractivity contribution in [3.05, 3.63) is 22.3 Å². The maximum atomic E-state index is 4.70. The molecule has 2 atom stereocenters. The number of rotatable bonds is 5. The van der Waals surface area contributed by atoms with Gasteiger partial charge >= 0.3 is 0 Å². The summed E-state index contributed by atoms with van der Waals surface area (Å²) in [6, 6.07) is 2.21. The van der Waals surface area contributed by atoms with Crippen LogP contribution in [0.25, 0.3) is 0 Å². The summed E-state index contributed by atoms with van der Waals surface area (Å²) in [7, 11) is 0. The summed E-state index contributed by atoms with van der Waals surface area (Å²) in [6.45, 7) is 13.4. The Morgan fingerprint density at radius 3 is 2.81 bits per heavy atom. The predicted molar refractivity (Wildman–Crippen MR) is 93.6 cm³/mol. The van der Waals surface area contributed by atoms with Crippen molar-refractivity contribution in [2.75, 3.05) is 24.5 Å². The van der Waals surface area contributed by atoms with E-state index in [4.69, 9.17) is 4.98 Å². The average molecular weight is 354 g/mol. The number of pyridine rings is 1. The van der Waals surface area contributed by atoms with Crippen molar-refractivity contribution in [3.8, 4) is 0 Å². The highest BCUT2D eigenvalue weighted by Crippen LogP contribution is 2.29. The van der Waals surface area contributed by atoms with E-state index in [1.54, 1.807) is 0 Å². The van der Waals surface area contributed by atoms with Gasteiger partial charge in [0.25, 0.3) is 0 Å². The molecule has 118 valence electrons. The normalized spacial score (nSPS) is 22.9. The fourth-order valence-electron chi connectivity index (χ4n) is 2.84. The minimum Gasteiger partial charge on any atom is -0.356 e. The average Bonchev–Trinajstić information content (AvgIpc) is 2.42. The molecule has 1 aliphatic heterocycles. The lowest BCUT2D eigenvalue weighted by Crippen LogP contribution is -2.39. The summed E-state index contributed by atoms with van der Waals surface area (Å²) >= 11 is 3.55. The van der Waals surface area contributed by atoms with Crippen LogP contribution in [0, 0.1) is 17.8 Å². The molecular formula is C17H28BrN3. The number of nitrogens with one attached hydrogen (secondary N) is 1. The molecule has 0 saturated carbocycles. The van der Waals surface area contributed by atoms with E-state index in [1.165, 1.54) is 12.0 Å². The second-order valence-electron chi connectivity index (χ2n) is 6.85. The number of halogens is 1. The molecule has 2 heterocycles.